The molecule has 1 atom stereocenters. The van der Waals surface area contributed by atoms with Gasteiger partial charge in [0.05, 0.1) is 6.42 Å². The summed E-state index contributed by atoms with van der Waals surface area (Å²) in [5, 5.41) is 9.24. The molecule has 0 saturated carbocycles. The monoisotopic (exact) mass is 290 g/mol. The highest BCUT2D eigenvalue weighted by molar-refractivity contribution is 5.68. The number of aliphatic carboxylic acids is 1. The molecule has 1 N–H and O–H groups in total. The van der Waals surface area contributed by atoms with Gasteiger partial charge in [-0.15, -0.1) is 0 Å². The summed E-state index contributed by atoms with van der Waals surface area (Å²) in [7, 11) is 2.08. The Morgan fingerprint density at radius 2 is 1.95 bits per heavy atom. The topological polar surface area (TPSA) is 43.8 Å². The standard InChI is InChI=1S/C17H26N2O2/c1-3-19-11-9-15(10-12-19)18(2)16(13-17(20)21)14-7-5-4-6-8-14/h4-8,15-16H,3,9-13H2,1-2H3,(H,20,21). The van der Waals surface area contributed by atoms with E-state index in [4.69, 9.17) is 0 Å². The smallest absolute Gasteiger partial charge is 0.305 e. The zero-order valence-corrected chi connectivity index (χ0v) is 13.0. The zero-order chi connectivity index (χ0) is 15.2. The lowest BCUT2D eigenvalue weighted by molar-refractivity contribution is -0.138. The van der Waals surface area contributed by atoms with Crippen molar-refractivity contribution in [3.8, 4) is 0 Å². The number of hydrogen-bond donors (Lipinski definition) is 1. The molecule has 21 heavy (non-hydrogen) atoms. The van der Waals surface area contributed by atoms with Crippen LogP contribution in [0.15, 0.2) is 30.3 Å². The van der Waals surface area contributed by atoms with Gasteiger partial charge >= 0.3 is 5.97 Å². The maximum absolute atomic E-state index is 11.2. The molecule has 0 aromatic heterocycles. The van der Waals surface area contributed by atoms with Crippen LogP contribution in [0.3, 0.4) is 0 Å². The van der Waals surface area contributed by atoms with Crippen LogP contribution in [0.1, 0.15) is 37.8 Å². The predicted molar refractivity (Wildman–Crippen MR) is 84.3 cm³/mol. The van der Waals surface area contributed by atoms with Gasteiger partial charge in [0.15, 0.2) is 0 Å². The van der Waals surface area contributed by atoms with Gasteiger partial charge < -0.3 is 10.0 Å². The molecule has 0 aliphatic carbocycles. The first-order valence-electron chi connectivity index (χ1n) is 7.82. The van der Waals surface area contributed by atoms with Crippen molar-refractivity contribution in [1.29, 1.82) is 0 Å². The first-order valence-corrected chi connectivity index (χ1v) is 7.82. The lowest BCUT2D eigenvalue weighted by atomic mass is 9.96. The third kappa shape index (κ3) is 4.29. The van der Waals surface area contributed by atoms with Crippen LogP contribution in [0.25, 0.3) is 0 Å². The van der Waals surface area contributed by atoms with Crippen LogP contribution in [-0.4, -0.2) is 53.6 Å². The Bertz CT molecular complexity index is 441. The van der Waals surface area contributed by atoms with E-state index in [2.05, 4.69) is 23.8 Å². The number of piperidine rings is 1. The first-order chi connectivity index (χ1) is 10.1. The van der Waals surface area contributed by atoms with Gasteiger partial charge in [-0.1, -0.05) is 37.3 Å². The van der Waals surface area contributed by atoms with Crippen molar-refractivity contribution in [2.24, 2.45) is 0 Å². The Hall–Kier alpha value is -1.39. The summed E-state index contributed by atoms with van der Waals surface area (Å²) >= 11 is 0. The second kappa shape index (κ2) is 7.57. The molecule has 4 nitrogen and oxygen atoms in total. The molecule has 4 heteroatoms. The van der Waals surface area contributed by atoms with E-state index in [1.807, 2.05) is 30.3 Å². The third-order valence-corrected chi connectivity index (χ3v) is 4.62. The molecular weight excluding hydrogens is 264 g/mol. The summed E-state index contributed by atoms with van der Waals surface area (Å²) in [4.78, 5) is 16.0. The highest BCUT2D eigenvalue weighted by Gasteiger charge is 2.28. The third-order valence-electron chi connectivity index (χ3n) is 4.62. The van der Waals surface area contributed by atoms with Gasteiger partial charge in [0, 0.05) is 12.1 Å². The number of hydrogen-bond acceptors (Lipinski definition) is 3. The molecule has 1 aliphatic rings. The summed E-state index contributed by atoms with van der Waals surface area (Å²) in [6.07, 6.45) is 2.40. The van der Waals surface area contributed by atoms with Crippen LogP contribution < -0.4 is 0 Å². The fourth-order valence-corrected chi connectivity index (χ4v) is 3.23. The van der Waals surface area contributed by atoms with Crippen LogP contribution in [0, 0.1) is 0 Å². The fourth-order valence-electron chi connectivity index (χ4n) is 3.23. The minimum Gasteiger partial charge on any atom is -0.481 e. The molecule has 1 saturated heterocycles. The normalized spacial score (nSPS) is 18.8. The van der Waals surface area contributed by atoms with Gasteiger partial charge in [0.1, 0.15) is 0 Å². The fraction of sp³-hybridized carbons (Fsp3) is 0.588. The highest BCUT2D eigenvalue weighted by Crippen LogP contribution is 2.28. The van der Waals surface area contributed by atoms with E-state index in [-0.39, 0.29) is 12.5 Å². The van der Waals surface area contributed by atoms with Crippen molar-refractivity contribution in [3.63, 3.8) is 0 Å². The van der Waals surface area contributed by atoms with Gasteiger partial charge in [-0.25, -0.2) is 0 Å². The van der Waals surface area contributed by atoms with Gasteiger partial charge in [-0.05, 0) is 45.1 Å². The number of benzene rings is 1. The van der Waals surface area contributed by atoms with Crippen molar-refractivity contribution in [2.75, 3.05) is 26.7 Å². The Morgan fingerprint density at radius 3 is 2.48 bits per heavy atom. The van der Waals surface area contributed by atoms with E-state index < -0.39 is 5.97 Å². The van der Waals surface area contributed by atoms with E-state index >= 15 is 0 Å². The summed E-state index contributed by atoms with van der Waals surface area (Å²) < 4.78 is 0. The Morgan fingerprint density at radius 1 is 1.33 bits per heavy atom. The maximum Gasteiger partial charge on any atom is 0.305 e. The largest absolute Gasteiger partial charge is 0.481 e. The summed E-state index contributed by atoms with van der Waals surface area (Å²) in [6, 6.07) is 10.4. The number of likely N-dealkylation sites (tertiary alicyclic amines) is 1. The van der Waals surface area contributed by atoms with Gasteiger partial charge in [0.2, 0.25) is 0 Å². The molecular formula is C17H26N2O2. The SMILES string of the molecule is CCN1CCC(N(C)C(CC(=O)O)c2ccccc2)CC1. The summed E-state index contributed by atoms with van der Waals surface area (Å²) in [5.41, 5.74) is 1.10. The highest BCUT2D eigenvalue weighted by atomic mass is 16.4. The summed E-state index contributed by atoms with van der Waals surface area (Å²) in [5.74, 6) is -0.735. The Kier molecular flexibility index (Phi) is 5.76. The molecule has 2 rings (SSSR count). The van der Waals surface area contributed by atoms with E-state index in [9.17, 15) is 9.90 Å². The van der Waals surface area contributed by atoms with Gasteiger partial charge in [-0.3, -0.25) is 9.69 Å². The van der Waals surface area contributed by atoms with E-state index in [0.717, 1.165) is 38.0 Å². The van der Waals surface area contributed by atoms with Crippen molar-refractivity contribution >= 4 is 5.97 Å². The van der Waals surface area contributed by atoms with Crippen molar-refractivity contribution in [2.45, 2.75) is 38.3 Å². The van der Waals surface area contributed by atoms with Crippen LogP contribution in [0.2, 0.25) is 0 Å². The second-order valence-corrected chi connectivity index (χ2v) is 5.86. The molecule has 0 bridgehead atoms. The van der Waals surface area contributed by atoms with Crippen molar-refractivity contribution in [1.82, 2.24) is 9.80 Å². The molecule has 116 valence electrons. The molecule has 1 heterocycles. The molecule has 1 fully saturated rings. The lowest BCUT2D eigenvalue weighted by Gasteiger charge is -2.40. The predicted octanol–water partition coefficient (Wildman–Crippen LogP) is 2.62. The Labute approximate surface area is 127 Å². The van der Waals surface area contributed by atoms with Crippen LogP contribution >= 0.6 is 0 Å². The van der Waals surface area contributed by atoms with E-state index in [1.165, 1.54) is 0 Å². The quantitative estimate of drug-likeness (QED) is 0.874. The maximum atomic E-state index is 11.2. The molecule has 0 radical (unpaired) electrons. The minimum atomic E-state index is -0.735. The lowest BCUT2D eigenvalue weighted by Crippen LogP contribution is -2.44. The molecule has 1 unspecified atom stereocenters. The number of nitrogens with zero attached hydrogens (tertiary/aromatic N) is 2. The van der Waals surface area contributed by atoms with Crippen LogP contribution in [0.5, 0.6) is 0 Å². The van der Waals surface area contributed by atoms with E-state index in [1.54, 1.807) is 0 Å². The van der Waals surface area contributed by atoms with Crippen molar-refractivity contribution < 1.29 is 9.90 Å². The molecule has 0 spiro atoms. The van der Waals surface area contributed by atoms with Crippen molar-refractivity contribution in [3.05, 3.63) is 35.9 Å². The molecule has 0 amide bonds. The number of carboxylic acids is 1. The first kappa shape index (κ1) is 16.0. The number of rotatable bonds is 6. The van der Waals surface area contributed by atoms with Gasteiger partial charge in [0.25, 0.3) is 0 Å². The van der Waals surface area contributed by atoms with Crippen LogP contribution in [0.4, 0.5) is 0 Å². The Balaban J connectivity index is 2.08. The zero-order valence-electron chi connectivity index (χ0n) is 13.0. The second-order valence-electron chi connectivity index (χ2n) is 5.86. The molecule has 1 aromatic carbocycles. The average Bonchev–Trinajstić information content (AvgIpc) is 2.53. The van der Waals surface area contributed by atoms with E-state index in [0.29, 0.717) is 6.04 Å². The van der Waals surface area contributed by atoms with Crippen LogP contribution in [-0.2, 0) is 4.79 Å². The molecule has 1 aromatic rings. The number of carbonyl (C=O) groups is 1. The minimum absolute atomic E-state index is 0.0399. The molecule has 1 aliphatic heterocycles. The summed E-state index contributed by atoms with van der Waals surface area (Å²) in [6.45, 7) is 5.52. The number of carboxylic acid groups (broad SMARTS) is 1. The average molecular weight is 290 g/mol. The van der Waals surface area contributed by atoms with Gasteiger partial charge in [-0.2, -0.15) is 0 Å².